The van der Waals surface area contributed by atoms with Crippen LogP contribution in [0.25, 0.3) is 21.0 Å². The van der Waals surface area contributed by atoms with E-state index in [-0.39, 0.29) is 11.5 Å². The van der Waals surface area contributed by atoms with Gasteiger partial charge in [0.05, 0.1) is 23.4 Å². The summed E-state index contributed by atoms with van der Waals surface area (Å²) in [7, 11) is 3.33. The average molecular weight is 401 g/mol. The number of hydrogen-bond acceptors (Lipinski definition) is 6. The van der Waals surface area contributed by atoms with Crippen LogP contribution in [0.4, 0.5) is 0 Å². The van der Waals surface area contributed by atoms with E-state index in [2.05, 4.69) is 10.2 Å². The first-order valence-corrected chi connectivity index (χ1v) is 10.1. The molecular weight excluding hydrogens is 378 g/mol. The van der Waals surface area contributed by atoms with Gasteiger partial charge in [0.25, 0.3) is 11.5 Å². The summed E-state index contributed by atoms with van der Waals surface area (Å²) in [5, 5.41) is 4.08. The third-order valence-electron chi connectivity index (χ3n) is 5.08. The van der Waals surface area contributed by atoms with Crippen molar-refractivity contribution in [3.05, 3.63) is 39.5 Å². The number of nitrogens with one attached hydrogen (secondary N) is 1. The number of para-hydroxylation sites is 1. The van der Waals surface area contributed by atoms with Gasteiger partial charge in [-0.1, -0.05) is 18.2 Å². The molecule has 7 nitrogen and oxygen atoms in total. The molecule has 3 heterocycles. The Bertz CT molecular complexity index is 1080. The molecule has 0 saturated carbocycles. The van der Waals surface area contributed by atoms with E-state index in [1.807, 2.05) is 24.3 Å². The molecule has 4 rings (SSSR count). The molecule has 0 bridgehead atoms. The molecule has 3 aromatic rings. The lowest BCUT2D eigenvalue weighted by atomic mass is 10.1. The van der Waals surface area contributed by atoms with Gasteiger partial charge in [0, 0.05) is 39.1 Å². The van der Waals surface area contributed by atoms with Crippen LogP contribution >= 0.6 is 11.3 Å². The number of ether oxygens (including phenoxy) is 2. The van der Waals surface area contributed by atoms with Crippen molar-refractivity contribution in [1.82, 2.24) is 14.8 Å². The maximum atomic E-state index is 13.1. The molecule has 1 saturated heterocycles. The van der Waals surface area contributed by atoms with E-state index in [9.17, 15) is 9.59 Å². The first-order chi connectivity index (χ1) is 13.6. The Morgan fingerprint density at radius 2 is 2.04 bits per heavy atom. The van der Waals surface area contributed by atoms with Crippen LogP contribution in [0, 0.1) is 0 Å². The van der Waals surface area contributed by atoms with Gasteiger partial charge >= 0.3 is 0 Å². The molecule has 0 spiro atoms. The van der Waals surface area contributed by atoms with Crippen molar-refractivity contribution in [3.63, 3.8) is 0 Å². The third-order valence-corrected chi connectivity index (χ3v) is 6.29. The second-order valence-corrected chi connectivity index (χ2v) is 7.75. The molecular formula is C20H23N3O4S. The number of carbonyl (C=O) groups is 1. The molecule has 148 valence electrons. The van der Waals surface area contributed by atoms with Crippen molar-refractivity contribution in [2.24, 2.45) is 7.05 Å². The van der Waals surface area contributed by atoms with E-state index in [1.54, 1.807) is 18.7 Å². The summed E-state index contributed by atoms with van der Waals surface area (Å²) in [5.74, 6) is 0.146. The van der Waals surface area contributed by atoms with E-state index in [4.69, 9.17) is 9.47 Å². The number of pyridine rings is 1. The number of hydrogen-bond donors (Lipinski definition) is 1. The van der Waals surface area contributed by atoms with Crippen molar-refractivity contribution in [2.75, 3.05) is 46.5 Å². The molecule has 1 amide bonds. The van der Waals surface area contributed by atoms with E-state index in [1.165, 1.54) is 11.3 Å². The van der Waals surface area contributed by atoms with Gasteiger partial charge in [-0.25, -0.2) is 0 Å². The number of fused-ring (bicyclic) bond motifs is 3. The number of morpholine rings is 1. The van der Waals surface area contributed by atoms with Gasteiger partial charge < -0.3 is 19.4 Å². The van der Waals surface area contributed by atoms with Crippen molar-refractivity contribution < 1.29 is 14.3 Å². The molecule has 1 aliphatic heterocycles. The van der Waals surface area contributed by atoms with Crippen molar-refractivity contribution in [1.29, 1.82) is 0 Å². The van der Waals surface area contributed by atoms with Crippen LogP contribution < -0.4 is 15.6 Å². The van der Waals surface area contributed by atoms with Crippen molar-refractivity contribution in [3.8, 4) is 5.75 Å². The second-order valence-electron chi connectivity index (χ2n) is 6.73. The van der Waals surface area contributed by atoms with Crippen LogP contribution in [0.2, 0.25) is 0 Å². The summed E-state index contributed by atoms with van der Waals surface area (Å²) >= 11 is 1.31. The minimum atomic E-state index is -0.242. The maximum absolute atomic E-state index is 13.1. The highest BCUT2D eigenvalue weighted by atomic mass is 32.1. The predicted octanol–water partition coefficient (Wildman–Crippen LogP) is 1.82. The number of aromatic nitrogens is 1. The summed E-state index contributed by atoms with van der Waals surface area (Å²) in [4.78, 5) is 28.3. The number of aryl methyl sites for hydroxylation is 1. The molecule has 8 heteroatoms. The van der Waals surface area contributed by atoms with Crippen LogP contribution in [0.15, 0.2) is 29.1 Å². The summed E-state index contributed by atoms with van der Waals surface area (Å²) in [6.45, 7) is 4.30. The SMILES string of the molecule is CNC(=O)c1sc2c(c1OCCN1CCOCC1)c(=O)n(C)c1ccccc21. The molecule has 1 N–H and O–H groups in total. The Balaban J connectivity index is 1.78. The zero-order valence-corrected chi connectivity index (χ0v) is 16.8. The van der Waals surface area contributed by atoms with Gasteiger partial charge in [-0.2, -0.15) is 0 Å². The number of thiophene rings is 1. The summed E-state index contributed by atoms with van der Waals surface area (Å²) < 4.78 is 13.8. The Kier molecular flexibility index (Phi) is 5.34. The highest BCUT2D eigenvalue weighted by Crippen LogP contribution is 2.39. The van der Waals surface area contributed by atoms with Gasteiger partial charge in [-0.15, -0.1) is 11.3 Å². The molecule has 2 aromatic heterocycles. The van der Waals surface area contributed by atoms with E-state index in [0.29, 0.717) is 22.6 Å². The summed E-state index contributed by atoms with van der Waals surface area (Å²) in [5.41, 5.74) is 0.686. The van der Waals surface area contributed by atoms with Crippen molar-refractivity contribution in [2.45, 2.75) is 0 Å². The first-order valence-electron chi connectivity index (χ1n) is 9.31. The fraction of sp³-hybridized carbons (Fsp3) is 0.400. The number of carbonyl (C=O) groups excluding carboxylic acids is 1. The van der Waals surface area contributed by atoms with Crippen LogP contribution in [0.3, 0.4) is 0 Å². The Hall–Kier alpha value is -2.42. The zero-order chi connectivity index (χ0) is 19.7. The molecule has 0 radical (unpaired) electrons. The van der Waals surface area contributed by atoms with Gasteiger partial charge in [0.2, 0.25) is 0 Å². The van der Waals surface area contributed by atoms with E-state index < -0.39 is 0 Å². The lowest BCUT2D eigenvalue weighted by molar-refractivity contribution is 0.0323. The minimum Gasteiger partial charge on any atom is -0.490 e. The van der Waals surface area contributed by atoms with Gasteiger partial charge in [0.15, 0.2) is 5.75 Å². The van der Waals surface area contributed by atoms with E-state index >= 15 is 0 Å². The fourth-order valence-corrected chi connectivity index (χ4v) is 4.75. The minimum absolute atomic E-state index is 0.151. The maximum Gasteiger partial charge on any atom is 0.264 e. The lowest BCUT2D eigenvalue weighted by Crippen LogP contribution is -2.38. The van der Waals surface area contributed by atoms with Crippen LogP contribution in [-0.2, 0) is 11.8 Å². The van der Waals surface area contributed by atoms with Crippen LogP contribution in [0.5, 0.6) is 5.75 Å². The number of nitrogens with zero attached hydrogens (tertiary/aromatic N) is 2. The zero-order valence-electron chi connectivity index (χ0n) is 16.0. The lowest BCUT2D eigenvalue weighted by Gasteiger charge is -2.26. The monoisotopic (exact) mass is 401 g/mol. The molecule has 0 aliphatic carbocycles. The van der Waals surface area contributed by atoms with Gasteiger partial charge in [0.1, 0.15) is 16.9 Å². The first kappa shape index (κ1) is 18.9. The third kappa shape index (κ3) is 3.28. The molecule has 0 unspecified atom stereocenters. The molecule has 0 atom stereocenters. The quantitative estimate of drug-likeness (QED) is 0.706. The molecule has 28 heavy (non-hydrogen) atoms. The molecule has 1 aliphatic rings. The fourth-order valence-electron chi connectivity index (χ4n) is 3.54. The van der Waals surface area contributed by atoms with Crippen molar-refractivity contribution >= 4 is 38.2 Å². The standard InChI is InChI=1S/C20H23N3O4S/c1-21-19(24)18-16(27-12-9-23-7-10-26-11-8-23)15-17(28-18)13-5-3-4-6-14(13)22(2)20(15)25/h3-6H,7-12H2,1-2H3,(H,21,24). The Morgan fingerprint density at radius 3 is 2.79 bits per heavy atom. The summed E-state index contributed by atoms with van der Waals surface area (Å²) in [6.07, 6.45) is 0. The van der Waals surface area contributed by atoms with Gasteiger partial charge in [-0.3, -0.25) is 14.5 Å². The molecule has 1 fully saturated rings. The van der Waals surface area contributed by atoms with E-state index in [0.717, 1.165) is 48.5 Å². The number of benzene rings is 1. The molecule has 1 aromatic carbocycles. The van der Waals surface area contributed by atoms with Gasteiger partial charge in [-0.05, 0) is 6.07 Å². The second kappa shape index (κ2) is 7.90. The summed E-state index contributed by atoms with van der Waals surface area (Å²) in [6, 6.07) is 7.72. The Morgan fingerprint density at radius 1 is 1.29 bits per heavy atom. The average Bonchev–Trinajstić information content (AvgIpc) is 3.12. The highest BCUT2D eigenvalue weighted by Gasteiger charge is 2.24. The van der Waals surface area contributed by atoms with Crippen LogP contribution in [-0.4, -0.2) is 61.9 Å². The predicted molar refractivity (Wildman–Crippen MR) is 111 cm³/mol. The number of rotatable bonds is 5. The Labute approximate surface area is 166 Å². The topological polar surface area (TPSA) is 72.8 Å². The highest BCUT2D eigenvalue weighted by molar-refractivity contribution is 7.22. The normalized spacial score (nSPS) is 15.2. The number of amides is 1. The largest absolute Gasteiger partial charge is 0.490 e. The van der Waals surface area contributed by atoms with Crippen LogP contribution in [0.1, 0.15) is 9.67 Å². The smallest absolute Gasteiger partial charge is 0.264 e.